The number of carbonyl (C=O) groups is 2. The Kier molecular flexibility index (Phi) is 6.14. The Morgan fingerprint density at radius 3 is 2.75 bits per heavy atom. The van der Waals surface area contributed by atoms with Crippen molar-refractivity contribution < 1.29 is 18.7 Å². The number of methoxy groups -OCH3 is 1. The van der Waals surface area contributed by atoms with Crippen LogP contribution in [0.25, 0.3) is 0 Å². The highest BCUT2D eigenvalue weighted by atomic mass is 35.5. The first kappa shape index (κ1) is 20.1. The number of nitrogens with one attached hydrogen (secondary N) is 2. The Balaban J connectivity index is 1.53. The molecule has 1 aromatic carbocycles. The zero-order valence-electron chi connectivity index (χ0n) is 15.6. The standard InChI is InChI=1S/C20H21ClFN3O3/c1-11(26)14-6-7-17(28-2)15(19(14)22)5-3-12-9-16(12)24-20(27)25-18-8-4-13(21)10-23-18/h4,6-8,10,12,16H,3,5,9H2,1-2H3,(H2,23,24,25,27). The van der Waals surface area contributed by atoms with Crippen molar-refractivity contribution in [2.75, 3.05) is 12.4 Å². The van der Waals surface area contributed by atoms with Gasteiger partial charge in [0.05, 0.1) is 17.7 Å². The van der Waals surface area contributed by atoms with Crippen LogP contribution in [0.1, 0.15) is 35.7 Å². The van der Waals surface area contributed by atoms with Gasteiger partial charge in [0, 0.05) is 17.8 Å². The summed E-state index contributed by atoms with van der Waals surface area (Å²) in [4.78, 5) is 27.6. The fourth-order valence-electron chi connectivity index (χ4n) is 3.14. The number of ketones is 1. The van der Waals surface area contributed by atoms with Crippen LogP contribution in [0, 0.1) is 11.7 Å². The third-order valence-corrected chi connectivity index (χ3v) is 5.00. The summed E-state index contributed by atoms with van der Waals surface area (Å²) in [5.41, 5.74) is 0.465. The number of pyridine rings is 1. The van der Waals surface area contributed by atoms with Gasteiger partial charge in [0.15, 0.2) is 5.78 Å². The molecule has 2 amide bonds. The van der Waals surface area contributed by atoms with Gasteiger partial charge >= 0.3 is 6.03 Å². The summed E-state index contributed by atoms with van der Waals surface area (Å²) in [7, 11) is 1.47. The summed E-state index contributed by atoms with van der Waals surface area (Å²) in [5, 5.41) is 6.01. The molecule has 1 aliphatic carbocycles. The average molecular weight is 406 g/mol. The Bertz CT molecular complexity index is 889. The van der Waals surface area contributed by atoms with Crippen LogP contribution >= 0.6 is 11.6 Å². The molecule has 1 heterocycles. The van der Waals surface area contributed by atoms with Gasteiger partial charge in [-0.3, -0.25) is 10.1 Å². The number of halogens is 2. The van der Waals surface area contributed by atoms with E-state index >= 15 is 0 Å². The number of hydrogen-bond donors (Lipinski definition) is 2. The molecule has 2 N–H and O–H groups in total. The zero-order chi connectivity index (χ0) is 20.3. The summed E-state index contributed by atoms with van der Waals surface area (Å²) >= 11 is 5.76. The van der Waals surface area contributed by atoms with E-state index in [9.17, 15) is 14.0 Å². The van der Waals surface area contributed by atoms with Crippen LogP contribution in [0.4, 0.5) is 15.0 Å². The van der Waals surface area contributed by atoms with Crippen LogP contribution in [0.15, 0.2) is 30.5 Å². The van der Waals surface area contributed by atoms with Gasteiger partial charge in [-0.25, -0.2) is 14.2 Å². The normalized spacial score (nSPS) is 17.7. The molecule has 3 rings (SSSR count). The molecule has 0 radical (unpaired) electrons. The lowest BCUT2D eigenvalue weighted by atomic mass is 10.0. The van der Waals surface area contributed by atoms with E-state index in [0.29, 0.717) is 35.0 Å². The van der Waals surface area contributed by atoms with Gasteiger partial charge < -0.3 is 10.1 Å². The molecule has 1 fully saturated rings. The Hall–Kier alpha value is -2.67. The van der Waals surface area contributed by atoms with Gasteiger partial charge in [0.25, 0.3) is 0 Å². The smallest absolute Gasteiger partial charge is 0.320 e. The summed E-state index contributed by atoms with van der Waals surface area (Å²) in [6.45, 7) is 1.34. The number of anilines is 1. The molecular formula is C20H21ClFN3O3. The van der Waals surface area contributed by atoms with Crippen LogP contribution in [0.5, 0.6) is 5.75 Å². The monoisotopic (exact) mass is 405 g/mol. The summed E-state index contributed by atoms with van der Waals surface area (Å²) in [5.74, 6) is 0.239. The molecule has 28 heavy (non-hydrogen) atoms. The van der Waals surface area contributed by atoms with E-state index in [1.165, 1.54) is 26.3 Å². The van der Waals surface area contributed by atoms with Crippen molar-refractivity contribution in [1.29, 1.82) is 0 Å². The van der Waals surface area contributed by atoms with E-state index < -0.39 is 5.82 Å². The molecule has 0 saturated heterocycles. The quantitative estimate of drug-likeness (QED) is 0.675. The SMILES string of the molecule is COc1ccc(C(C)=O)c(F)c1CCC1CC1NC(=O)Nc1ccc(Cl)cn1. The second kappa shape index (κ2) is 8.56. The minimum atomic E-state index is -0.524. The van der Waals surface area contributed by atoms with Crippen LogP contribution in [0.3, 0.4) is 0 Å². The first-order chi connectivity index (χ1) is 13.4. The largest absolute Gasteiger partial charge is 0.496 e. The minimum Gasteiger partial charge on any atom is -0.496 e. The van der Waals surface area contributed by atoms with Crippen LogP contribution in [-0.4, -0.2) is 29.9 Å². The molecule has 8 heteroatoms. The molecule has 1 aliphatic rings. The number of amides is 2. The summed E-state index contributed by atoms with van der Waals surface area (Å²) in [6, 6.07) is 5.99. The molecule has 1 saturated carbocycles. The predicted octanol–water partition coefficient (Wildman–Crippen LogP) is 4.23. The fraction of sp³-hybridized carbons (Fsp3) is 0.350. The lowest BCUT2D eigenvalue weighted by Gasteiger charge is -2.12. The summed E-state index contributed by atoms with van der Waals surface area (Å²) in [6.07, 6.45) is 3.38. The third kappa shape index (κ3) is 4.78. The maximum atomic E-state index is 14.6. The average Bonchev–Trinajstić information content (AvgIpc) is 3.39. The molecule has 1 aromatic heterocycles. The van der Waals surface area contributed by atoms with Crippen LogP contribution in [0.2, 0.25) is 5.02 Å². The highest BCUT2D eigenvalue weighted by Gasteiger charge is 2.38. The first-order valence-electron chi connectivity index (χ1n) is 8.94. The van der Waals surface area contributed by atoms with Crippen LogP contribution in [-0.2, 0) is 6.42 Å². The van der Waals surface area contributed by atoms with E-state index in [-0.39, 0.29) is 29.3 Å². The van der Waals surface area contributed by atoms with E-state index in [0.717, 1.165) is 6.42 Å². The van der Waals surface area contributed by atoms with Crippen molar-refractivity contribution >= 4 is 29.2 Å². The molecule has 2 atom stereocenters. The predicted molar refractivity (Wildman–Crippen MR) is 105 cm³/mol. The van der Waals surface area contributed by atoms with E-state index in [1.54, 1.807) is 18.2 Å². The van der Waals surface area contributed by atoms with Gasteiger partial charge in [0.1, 0.15) is 17.4 Å². The van der Waals surface area contributed by atoms with Crippen molar-refractivity contribution in [3.63, 3.8) is 0 Å². The van der Waals surface area contributed by atoms with Gasteiger partial charge in [-0.15, -0.1) is 0 Å². The van der Waals surface area contributed by atoms with Crippen molar-refractivity contribution in [3.05, 3.63) is 52.4 Å². The highest BCUT2D eigenvalue weighted by molar-refractivity contribution is 6.30. The Morgan fingerprint density at radius 1 is 1.32 bits per heavy atom. The Labute approximate surface area is 167 Å². The van der Waals surface area contributed by atoms with Gasteiger partial charge in [-0.1, -0.05) is 11.6 Å². The first-order valence-corrected chi connectivity index (χ1v) is 9.32. The van der Waals surface area contributed by atoms with Crippen molar-refractivity contribution in [2.24, 2.45) is 5.92 Å². The molecule has 2 aromatic rings. The number of rotatable bonds is 7. The van der Waals surface area contributed by atoms with Crippen LogP contribution < -0.4 is 15.4 Å². The van der Waals surface area contributed by atoms with Gasteiger partial charge in [0.2, 0.25) is 0 Å². The zero-order valence-corrected chi connectivity index (χ0v) is 16.3. The topological polar surface area (TPSA) is 80.3 Å². The lowest BCUT2D eigenvalue weighted by Crippen LogP contribution is -2.31. The number of ether oxygens (including phenoxy) is 1. The molecule has 2 unspecified atom stereocenters. The van der Waals surface area contributed by atoms with Crippen molar-refractivity contribution in [2.45, 2.75) is 32.2 Å². The number of benzene rings is 1. The number of nitrogens with zero attached hydrogens (tertiary/aromatic N) is 1. The molecule has 148 valence electrons. The number of Topliss-reactive ketones (excluding diaryl/α,β-unsaturated/α-hetero) is 1. The Morgan fingerprint density at radius 2 is 2.11 bits per heavy atom. The van der Waals surface area contributed by atoms with E-state index in [4.69, 9.17) is 16.3 Å². The number of carbonyl (C=O) groups excluding carboxylic acids is 2. The van der Waals surface area contributed by atoms with E-state index in [2.05, 4.69) is 15.6 Å². The van der Waals surface area contributed by atoms with Gasteiger partial charge in [-0.2, -0.15) is 0 Å². The maximum absolute atomic E-state index is 14.6. The molecule has 6 nitrogen and oxygen atoms in total. The molecular weight excluding hydrogens is 385 g/mol. The van der Waals surface area contributed by atoms with E-state index in [1.807, 2.05) is 0 Å². The second-order valence-electron chi connectivity index (χ2n) is 6.77. The number of aromatic nitrogens is 1. The van der Waals surface area contributed by atoms with Crippen molar-refractivity contribution in [1.82, 2.24) is 10.3 Å². The molecule has 0 spiro atoms. The summed E-state index contributed by atoms with van der Waals surface area (Å²) < 4.78 is 19.9. The highest BCUT2D eigenvalue weighted by Crippen LogP contribution is 2.36. The number of hydrogen-bond acceptors (Lipinski definition) is 4. The fourth-order valence-corrected chi connectivity index (χ4v) is 3.26. The molecule has 0 bridgehead atoms. The number of urea groups is 1. The molecule has 0 aliphatic heterocycles. The maximum Gasteiger partial charge on any atom is 0.320 e. The minimum absolute atomic E-state index is 0.0253. The van der Waals surface area contributed by atoms with Crippen molar-refractivity contribution in [3.8, 4) is 5.75 Å². The lowest BCUT2D eigenvalue weighted by molar-refractivity contribution is 0.101. The second-order valence-corrected chi connectivity index (χ2v) is 7.20. The van der Waals surface area contributed by atoms with Gasteiger partial charge in [-0.05, 0) is 56.4 Å². The third-order valence-electron chi connectivity index (χ3n) is 4.77.